The van der Waals surface area contributed by atoms with Gasteiger partial charge in [0.1, 0.15) is 12.2 Å². The number of esters is 2. The Balaban J connectivity index is 1.74. The topological polar surface area (TPSA) is 72.8 Å². The lowest BCUT2D eigenvalue weighted by Crippen LogP contribution is -2.25. The lowest BCUT2D eigenvalue weighted by Gasteiger charge is -2.20. The molecule has 0 spiro atoms. The van der Waals surface area contributed by atoms with Crippen molar-refractivity contribution in [1.29, 1.82) is 0 Å². The number of ether oxygens (including phenoxy) is 2. The monoisotopic (exact) mass is 316 g/mol. The van der Waals surface area contributed by atoms with Crippen LogP contribution in [0.4, 0.5) is 0 Å². The van der Waals surface area contributed by atoms with E-state index < -0.39 is 6.10 Å². The van der Waals surface area contributed by atoms with Gasteiger partial charge in [0.25, 0.3) is 0 Å². The van der Waals surface area contributed by atoms with Crippen LogP contribution < -0.4 is 0 Å². The van der Waals surface area contributed by atoms with Crippen molar-refractivity contribution in [1.82, 2.24) is 0 Å². The van der Waals surface area contributed by atoms with Crippen LogP contribution in [0.15, 0.2) is 42.5 Å². The van der Waals surface area contributed by atoms with Gasteiger partial charge in [0.15, 0.2) is 0 Å². The minimum Gasteiger partial charge on any atom is -0.462 e. The number of aliphatic hydroxyl groups is 1. The molecule has 1 saturated heterocycles. The molecule has 1 aliphatic carbocycles. The smallest absolute Gasteiger partial charge is 0.338 e. The minimum atomic E-state index is -0.586. The normalized spacial score (nSPS) is 31.0. The molecule has 122 valence electrons. The molecule has 1 heterocycles. The number of fused-ring (bicyclic) bond motifs is 1. The van der Waals surface area contributed by atoms with Gasteiger partial charge in [-0.05, 0) is 19.1 Å². The van der Waals surface area contributed by atoms with E-state index in [0.717, 1.165) is 0 Å². The van der Waals surface area contributed by atoms with Crippen molar-refractivity contribution in [3.63, 3.8) is 0 Å². The maximum Gasteiger partial charge on any atom is 0.338 e. The Bertz CT molecular complexity index is 607. The SMILES string of the molecule is C[C@H](O)/C=C/[C@H]1[C@@H]2CC(=O)O[C@@H]2C[C@H]1OC(=O)c1ccccc1. The van der Waals surface area contributed by atoms with Crippen molar-refractivity contribution in [2.75, 3.05) is 0 Å². The molecule has 5 atom stereocenters. The van der Waals surface area contributed by atoms with Crippen LogP contribution in [0.5, 0.6) is 0 Å². The highest BCUT2D eigenvalue weighted by Crippen LogP contribution is 2.43. The van der Waals surface area contributed by atoms with Gasteiger partial charge in [-0.25, -0.2) is 4.79 Å². The second-order valence-electron chi connectivity index (χ2n) is 6.14. The maximum atomic E-state index is 12.3. The molecular formula is C18H20O5. The van der Waals surface area contributed by atoms with Crippen LogP contribution in [0.25, 0.3) is 0 Å². The number of rotatable bonds is 4. The van der Waals surface area contributed by atoms with E-state index in [1.165, 1.54) is 0 Å². The van der Waals surface area contributed by atoms with Gasteiger partial charge in [0.2, 0.25) is 0 Å². The summed E-state index contributed by atoms with van der Waals surface area (Å²) >= 11 is 0. The zero-order valence-corrected chi connectivity index (χ0v) is 12.9. The van der Waals surface area contributed by atoms with Crippen LogP contribution in [-0.2, 0) is 14.3 Å². The average Bonchev–Trinajstić information content (AvgIpc) is 3.02. The molecule has 0 radical (unpaired) electrons. The summed E-state index contributed by atoms with van der Waals surface area (Å²) in [5.41, 5.74) is 0.500. The molecule has 1 aromatic rings. The second kappa shape index (κ2) is 6.54. The van der Waals surface area contributed by atoms with Crippen LogP contribution in [0.3, 0.4) is 0 Å². The average molecular weight is 316 g/mol. The highest BCUT2D eigenvalue weighted by molar-refractivity contribution is 5.89. The molecule has 1 saturated carbocycles. The fourth-order valence-corrected chi connectivity index (χ4v) is 3.36. The van der Waals surface area contributed by atoms with E-state index >= 15 is 0 Å². The molecule has 0 aromatic heterocycles. The molecule has 3 rings (SSSR count). The van der Waals surface area contributed by atoms with Gasteiger partial charge in [-0.1, -0.05) is 30.4 Å². The first-order valence-electron chi connectivity index (χ1n) is 7.86. The Morgan fingerprint density at radius 2 is 2.13 bits per heavy atom. The molecule has 5 heteroatoms. The number of carbonyl (C=O) groups excluding carboxylic acids is 2. The predicted molar refractivity (Wildman–Crippen MR) is 82.6 cm³/mol. The van der Waals surface area contributed by atoms with Gasteiger partial charge in [-0.15, -0.1) is 0 Å². The summed E-state index contributed by atoms with van der Waals surface area (Å²) < 4.78 is 11.0. The fraction of sp³-hybridized carbons (Fsp3) is 0.444. The van der Waals surface area contributed by atoms with Crippen molar-refractivity contribution in [3.8, 4) is 0 Å². The zero-order chi connectivity index (χ0) is 16.4. The lowest BCUT2D eigenvalue weighted by atomic mass is 9.91. The predicted octanol–water partition coefficient (Wildman–Crippen LogP) is 2.10. The molecular weight excluding hydrogens is 296 g/mol. The van der Waals surface area contributed by atoms with Gasteiger partial charge in [0, 0.05) is 18.3 Å². The first-order valence-corrected chi connectivity index (χ1v) is 7.86. The van der Waals surface area contributed by atoms with E-state index in [-0.39, 0.29) is 36.0 Å². The van der Waals surface area contributed by atoms with Crippen LogP contribution >= 0.6 is 0 Å². The molecule has 2 aliphatic rings. The number of hydrogen-bond donors (Lipinski definition) is 1. The van der Waals surface area contributed by atoms with Gasteiger partial charge in [0.05, 0.1) is 18.1 Å². The molecule has 1 N–H and O–H groups in total. The first-order chi connectivity index (χ1) is 11.0. The van der Waals surface area contributed by atoms with Crippen LogP contribution in [0.1, 0.15) is 30.1 Å². The largest absolute Gasteiger partial charge is 0.462 e. The quantitative estimate of drug-likeness (QED) is 0.680. The molecule has 23 heavy (non-hydrogen) atoms. The number of carbonyl (C=O) groups is 2. The van der Waals surface area contributed by atoms with Gasteiger partial charge >= 0.3 is 11.9 Å². The molecule has 0 unspecified atom stereocenters. The highest BCUT2D eigenvalue weighted by atomic mass is 16.6. The van der Waals surface area contributed by atoms with E-state index in [0.29, 0.717) is 18.4 Å². The van der Waals surface area contributed by atoms with Gasteiger partial charge in [-0.2, -0.15) is 0 Å². The maximum absolute atomic E-state index is 12.3. The lowest BCUT2D eigenvalue weighted by molar-refractivity contribution is -0.141. The minimum absolute atomic E-state index is 0.00562. The van der Waals surface area contributed by atoms with Gasteiger partial charge in [-0.3, -0.25) is 4.79 Å². The van der Waals surface area contributed by atoms with Crippen molar-refractivity contribution in [2.24, 2.45) is 11.8 Å². The summed E-state index contributed by atoms with van der Waals surface area (Å²) in [4.78, 5) is 23.8. The van der Waals surface area contributed by atoms with Crippen LogP contribution in [0, 0.1) is 11.8 Å². The Morgan fingerprint density at radius 1 is 1.39 bits per heavy atom. The third kappa shape index (κ3) is 3.45. The van der Waals surface area contributed by atoms with E-state index in [1.54, 1.807) is 37.3 Å². The molecule has 0 amide bonds. The van der Waals surface area contributed by atoms with E-state index in [9.17, 15) is 14.7 Å². The Hall–Kier alpha value is -2.14. The van der Waals surface area contributed by atoms with E-state index in [4.69, 9.17) is 9.47 Å². The second-order valence-corrected chi connectivity index (χ2v) is 6.14. The molecule has 1 aliphatic heterocycles. The Labute approximate surface area is 134 Å². The van der Waals surface area contributed by atoms with Crippen molar-refractivity contribution < 1.29 is 24.2 Å². The zero-order valence-electron chi connectivity index (χ0n) is 12.9. The summed E-state index contributed by atoms with van der Waals surface area (Å²) in [5, 5.41) is 9.46. The standard InChI is InChI=1S/C18H20O5/c1-11(19)7-8-13-14-9-17(20)22-16(14)10-15(13)23-18(21)12-5-3-2-4-6-12/h2-8,11,13-16,19H,9-10H2,1H3/b8-7+/t11-,13-,14-,15+,16+/m0/s1. The summed E-state index contributed by atoms with van der Waals surface area (Å²) in [6, 6.07) is 8.82. The summed E-state index contributed by atoms with van der Waals surface area (Å²) in [6.07, 6.45) is 3.21. The van der Waals surface area contributed by atoms with E-state index in [2.05, 4.69) is 0 Å². The molecule has 0 bridgehead atoms. The highest BCUT2D eigenvalue weighted by Gasteiger charge is 2.50. The summed E-state index contributed by atoms with van der Waals surface area (Å²) in [5.74, 6) is -0.694. The summed E-state index contributed by atoms with van der Waals surface area (Å²) in [7, 11) is 0. The Kier molecular flexibility index (Phi) is 4.48. The Morgan fingerprint density at radius 3 is 2.83 bits per heavy atom. The van der Waals surface area contributed by atoms with Crippen LogP contribution in [0.2, 0.25) is 0 Å². The molecule has 1 aromatic carbocycles. The number of aliphatic hydroxyl groups excluding tert-OH is 1. The first kappa shape index (κ1) is 15.7. The van der Waals surface area contributed by atoms with Crippen molar-refractivity contribution in [2.45, 2.75) is 38.1 Å². The van der Waals surface area contributed by atoms with Crippen LogP contribution in [-0.4, -0.2) is 35.4 Å². The third-order valence-electron chi connectivity index (χ3n) is 4.43. The fourth-order valence-electron chi connectivity index (χ4n) is 3.36. The number of benzene rings is 1. The third-order valence-corrected chi connectivity index (χ3v) is 4.43. The van der Waals surface area contributed by atoms with Crippen molar-refractivity contribution >= 4 is 11.9 Å². The number of hydrogen-bond acceptors (Lipinski definition) is 5. The summed E-state index contributed by atoms with van der Waals surface area (Å²) in [6.45, 7) is 1.66. The van der Waals surface area contributed by atoms with E-state index in [1.807, 2.05) is 12.1 Å². The van der Waals surface area contributed by atoms with Gasteiger partial charge < -0.3 is 14.6 Å². The molecule has 5 nitrogen and oxygen atoms in total. The van der Waals surface area contributed by atoms with Crippen molar-refractivity contribution in [3.05, 3.63) is 48.0 Å². The molecule has 2 fully saturated rings.